The number of hydrogen-bond acceptors (Lipinski definition) is 3. The summed E-state index contributed by atoms with van der Waals surface area (Å²) in [5.41, 5.74) is 0.934. The quantitative estimate of drug-likeness (QED) is 0.872. The van der Waals surface area contributed by atoms with Crippen LogP contribution in [-0.4, -0.2) is 49.1 Å². The first kappa shape index (κ1) is 18.0. The van der Waals surface area contributed by atoms with Gasteiger partial charge in [0, 0.05) is 23.7 Å². The summed E-state index contributed by atoms with van der Waals surface area (Å²) in [7, 11) is 3.79. The summed E-state index contributed by atoms with van der Waals surface area (Å²) in [4.78, 5) is 27.8. The predicted octanol–water partition coefficient (Wildman–Crippen LogP) is 3.25. The number of likely N-dealkylation sites (N-methyl/N-ethyl adjacent to an activating group) is 1. The van der Waals surface area contributed by atoms with E-state index in [4.69, 9.17) is 11.6 Å². The first-order chi connectivity index (χ1) is 11.4. The maximum Gasteiger partial charge on any atom is 0.337 e. The zero-order valence-corrected chi connectivity index (χ0v) is 14.3. The monoisotopic (exact) mass is 346 g/mol. The van der Waals surface area contributed by atoms with Crippen molar-refractivity contribution in [2.45, 2.75) is 0 Å². The Balaban J connectivity index is 2.43. The number of carboxylic acid groups (broad SMARTS) is 1. The van der Waals surface area contributed by atoms with Crippen LogP contribution >= 0.6 is 11.6 Å². The van der Waals surface area contributed by atoms with E-state index in [1.807, 2.05) is 19.0 Å². The average Bonchev–Trinajstić information content (AvgIpc) is 2.55. The summed E-state index contributed by atoms with van der Waals surface area (Å²) in [5, 5.41) is 9.95. The molecule has 0 unspecified atom stereocenters. The van der Waals surface area contributed by atoms with Gasteiger partial charge in [0.25, 0.3) is 5.91 Å². The van der Waals surface area contributed by atoms with Gasteiger partial charge in [-0.1, -0.05) is 23.7 Å². The number of amides is 1. The Hall–Kier alpha value is -2.37. The minimum Gasteiger partial charge on any atom is -0.478 e. The number of halogens is 1. The van der Waals surface area contributed by atoms with Gasteiger partial charge >= 0.3 is 5.97 Å². The lowest BCUT2D eigenvalue weighted by Crippen LogP contribution is -2.37. The van der Waals surface area contributed by atoms with Crippen molar-refractivity contribution in [3.63, 3.8) is 0 Å². The smallest absolute Gasteiger partial charge is 0.337 e. The predicted molar refractivity (Wildman–Crippen MR) is 95.1 cm³/mol. The van der Waals surface area contributed by atoms with E-state index in [0.29, 0.717) is 29.4 Å². The number of para-hydroxylation sites is 1. The Morgan fingerprint density at radius 1 is 1.00 bits per heavy atom. The second-order valence-electron chi connectivity index (χ2n) is 5.59. The lowest BCUT2D eigenvalue weighted by Gasteiger charge is -2.26. The number of nitrogens with zero attached hydrogens (tertiary/aromatic N) is 2. The largest absolute Gasteiger partial charge is 0.478 e. The van der Waals surface area contributed by atoms with Crippen LogP contribution in [0.25, 0.3) is 0 Å². The molecule has 6 heteroatoms. The number of aromatic carboxylic acids is 1. The molecule has 2 aromatic rings. The normalized spacial score (nSPS) is 10.7. The van der Waals surface area contributed by atoms with E-state index in [0.717, 1.165) is 0 Å². The van der Waals surface area contributed by atoms with Crippen molar-refractivity contribution in [3.8, 4) is 0 Å². The van der Waals surface area contributed by atoms with Gasteiger partial charge in [0.15, 0.2) is 0 Å². The molecule has 1 N–H and O–H groups in total. The minimum absolute atomic E-state index is 0.0959. The van der Waals surface area contributed by atoms with E-state index in [9.17, 15) is 14.7 Å². The molecule has 0 saturated heterocycles. The second kappa shape index (κ2) is 7.95. The molecule has 0 spiro atoms. The van der Waals surface area contributed by atoms with E-state index < -0.39 is 5.97 Å². The molecule has 0 atom stereocenters. The van der Waals surface area contributed by atoms with Crippen LogP contribution in [0.1, 0.15) is 20.7 Å². The van der Waals surface area contributed by atoms with Gasteiger partial charge in [-0.05, 0) is 50.5 Å². The van der Waals surface area contributed by atoms with Gasteiger partial charge in [-0.2, -0.15) is 0 Å². The van der Waals surface area contributed by atoms with Gasteiger partial charge in [0.1, 0.15) is 0 Å². The van der Waals surface area contributed by atoms with E-state index in [-0.39, 0.29) is 11.5 Å². The van der Waals surface area contributed by atoms with Crippen LogP contribution < -0.4 is 4.90 Å². The van der Waals surface area contributed by atoms with Crippen molar-refractivity contribution < 1.29 is 14.7 Å². The van der Waals surface area contributed by atoms with Crippen LogP contribution in [0, 0.1) is 0 Å². The number of carboxylic acids is 1. The fourth-order valence-electron chi connectivity index (χ4n) is 2.27. The van der Waals surface area contributed by atoms with Crippen molar-refractivity contribution in [2.75, 3.05) is 32.1 Å². The summed E-state index contributed by atoms with van der Waals surface area (Å²) in [6.45, 7) is 0.978. The SMILES string of the molecule is CN(C)CCN(C(=O)c1ccc(Cl)cc1)c1ccccc1C(=O)O. The van der Waals surface area contributed by atoms with Crippen molar-refractivity contribution in [3.05, 3.63) is 64.7 Å². The van der Waals surface area contributed by atoms with E-state index in [1.165, 1.54) is 11.0 Å². The molecule has 0 bridgehead atoms. The number of hydrogen-bond donors (Lipinski definition) is 1. The third-order valence-electron chi connectivity index (χ3n) is 3.53. The summed E-state index contributed by atoms with van der Waals surface area (Å²) >= 11 is 5.87. The first-order valence-corrected chi connectivity index (χ1v) is 7.82. The van der Waals surface area contributed by atoms with Crippen LogP contribution in [0.5, 0.6) is 0 Å². The summed E-state index contributed by atoms with van der Waals surface area (Å²) in [6.07, 6.45) is 0. The van der Waals surface area contributed by atoms with E-state index in [2.05, 4.69) is 0 Å². The van der Waals surface area contributed by atoms with Crippen molar-refractivity contribution in [1.82, 2.24) is 4.90 Å². The Bertz CT molecular complexity index is 729. The molecule has 0 aliphatic heterocycles. The third-order valence-corrected chi connectivity index (χ3v) is 3.78. The average molecular weight is 347 g/mol. The number of rotatable bonds is 6. The molecule has 0 fully saturated rings. The Labute approximate surface area is 146 Å². The fourth-order valence-corrected chi connectivity index (χ4v) is 2.40. The van der Waals surface area contributed by atoms with E-state index in [1.54, 1.807) is 42.5 Å². The van der Waals surface area contributed by atoms with Crippen molar-refractivity contribution in [1.29, 1.82) is 0 Å². The molecule has 0 aliphatic rings. The van der Waals surface area contributed by atoms with Gasteiger partial charge in [0.05, 0.1) is 11.3 Å². The standard InChI is InChI=1S/C18H19ClN2O3/c1-20(2)11-12-21(16-6-4-3-5-15(16)18(23)24)17(22)13-7-9-14(19)10-8-13/h3-10H,11-12H2,1-2H3,(H,23,24). The minimum atomic E-state index is -1.07. The molecule has 2 rings (SSSR count). The van der Waals surface area contributed by atoms with Crippen LogP contribution in [0.4, 0.5) is 5.69 Å². The molecular weight excluding hydrogens is 328 g/mol. The highest BCUT2D eigenvalue weighted by molar-refractivity contribution is 6.30. The molecule has 0 radical (unpaired) electrons. The molecule has 0 heterocycles. The van der Waals surface area contributed by atoms with Crippen LogP contribution in [0.3, 0.4) is 0 Å². The number of carbonyl (C=O) groups is 2. The molecule has 126 valence electrons. The number of carbonyl (C=O) groups excluding carboxylic acids is 1. The van der Waals surface area contributed by atoms with Gasteiger partial charge in [-0.25, -0.2) is 4.79 Å². The Kier molecular flexibility index (Phi) is 5.95. The maximum atomic E-state index is 12.9. The van der Waals surface area contributed by atoms with Crippen LogP contribution in [0.2, 0.25) is 5.02 Å². The molecule has 2 aromatic carbocycles. The zero-order chi connectivity index (χ0) is 17.7. The highest BCUT2D eigenvalue weighted by Crippen LogP contribution is 2.23. The fraction of sp³-hybridized carbons (Fsp3) is 0.222. The topological polar surface area (TPSA) is 60.9 Å². The molecule has 0 aromatic heterocycles. The van der Waals surface area contributed by atoms with Gasteiger partial charge in [-0.3, -0.25) is 4.79 Å². The zero-order valence-electron chi connectivity index (χ0n) is 13.6. The summed E-state index contributed by atoms with van der Waals surface area (Å²) < 4.78 is 0. The summed E-state index contributed by atoms with van der Waals surface area (Å²) in [6, 6.07) is 13.1. The van der Waals surface area contributed by atoms with Gasteiger partial charge < -0.3 is 14.9 Å². The lowest BCUT2D eigenvalue weighted by atomic mass is 10.1. The van der Waals surface area contributed by atoms with Crippen LogP contribution in [-0.2, 0) is 0 Å². The van der Waals surface area contributed by atoms with Crippen molar-refractivity contribution >= 4 is 29.2 Å². The first-order valence-electron chi connectivity index (χ1n) is 7.44. The molecular formula is C18H19ClN2O3. The maximum absolute atomic E-state index is 12.9. The number of anilines is 1. The van der Waals surface area contributed by atoms with Gasteiger partial charge in [0.2, 0.25) is 0 Å². The van der Waals surface area contributed by atoms with Gasteiger partial charge in [-0.15, -0.1) is 0 Å². The Morgan fingerprint density at radius 2 is 1.62 bits per heavy atom. The third kappa shape index (κ3) is 4.34. The molecule has 0 aliphatic carbocycles. The molecule has 24 heavy (non-hydrogen) atoms. The molecule has 1 amide bonds. The second-order valence-corrected chi connectivity index (χ2v) is 6.03. The van der Waals surface area contributed by atoms with Crippen molar-refractivity contribution in [2.24, 2.45) is 0 Å². The highest BCUT2D eigenvalue weighted by Gasteiger charge is 2.22. The lowest BCUT2D eigenvalue weighted by molar-refractivity contribution is 0.0697. The van der Waals surface area contributed by atoms with E-state index >= 15 is 0 Å². The van der Waals surface area contributed by atoms with Crippen LogP contribution in [0.15, 0.2) is 48.5 Å². The highest BCUT2D eigenvalue weighted by atomic mass is 35.5. The Morgan fingerprint density at radius 3 is 2.21 bits per heavy atom. The molecule has 5 nitrogen and oxygen atoms in total. The number of benzene rings is 2. The molecule has 0 saturated carbocycles. The summed E-state index contributed by atoms with van der Waals surface area (Å²) in [5.74, 6) is -1.33.